The summed E-state index contributed by atoms with van der Waals surface area (Å²) in [5, 5.41) is 5.56. The SMILES string of the molecule is C=C[C@@H]1C[C@]1(NC(=O)CC1CCCN1C(=O)[C@@H](NC(=O)OC1CCCC1)C(C)(C)C)C(N)=O. The number of primary amides is 1. The third kappa shape index (κ3) is 5.68. The normalized spacial score (nSPS) is 28.2. The molecule has 0 aromatic rings. The Morgan fingerprint density at radius 1 is 1.18 bits per heavy atom. The van der Waals surface area contributed by atoms with Gasteiger partial charge >= 0.3 is 6.09 Å². The van der Waals surface area contributed by atoms with Crippen molar-refractivity contribution in [1.82, 2.24) is 15.5 Å². The van der Waals surface area contributed by atoms with Crippen molar-refractivity contribution < 1.29 is 23.9 Å². The number of carbonyl (C=O) groups excluding carboxylic acids is 4. The van der Waals surface area contributed by atoms with Gasteiger partial charge in [0, 0.05) is 24.9 Å². The molecular weight excluding hydrogens is 424 g/mol. The largest absolute Gasteiger partial charge is 0.446 e. The summed E-state index contributed by atoms with van der Waals surface area (Å²) in [6.07, 6.45) is 6.72. The number of amides is 4. The predicted molar refractivity (Wildman–Crippen MR) is 123 cm³/mol. The molecule has 4 amide bonds. The van der Waals surface area contributed by atoms with Crippen molar-refractivity contribution in [1.29, 1.82) is 0 Å². The molecule has 0 aromatic heterocycles. The number of ether oxygens (including phenoxy) is 1. The minimum atomic E-state index is -1.06. The van der Waals surface area contributed by atoms with Crippen LogP contribution in [0.4, 0.5) is 4.79 Å². The molecule has 3 fully saturated rings. The number of nitrogens with two attached hydrogens (primary N) is 1. The highest BCUT2D eigenvalue weighted by atomic mass is 16.6. The highest BCUT2D eigenvalue weighted by molar-refractivity contribution is 5.94. The maximum atomic E-state index is 13.5. The number of likely N-dealkylation sites (tertiary alicyclic amines) is 1. The molecule has 3 aliphatic rings. The van der Waals surface area contributed by atoms with Crippen molar-refractivity contribution in [2.24, 2.45) is 17.1 Å². The summed E-state index contributed by atoms with van der Waals surface area (Å²) in [6, 6.07) is -1.08. The van der Waals surface area contributed by atoms with Gasteiger partial charge in [0.25, 0.3) is 0 Å². The standard InChI is InChI=1S/C24H38N4O5/c1-5-15-14-24(15,21(25)31)27-18(29)13-16-9-8-12-28(16)20(30)19(23(2,3)4)26-22(32)33-17-10-6-7-11-17/h5,15-17,19H,1,6-14H2,2-4H3,(H2,25,31)(H,26,32)(H,27,29)/t15-,16?,19-,24-/m1/s1. The van der Waals surface area contributed by atoms with Gasteiger partial charge in [0.15, 0.2) is 0 Å². The average Bonchev–Trinajstić information content (AvgIpc) is 3.05. The van der Waals surface area contributed by atoms with Gasteiger partial charge in [0.2, 0.25) is 17.7 Å². The van der Waals surface area contributed by atoms with E-state index in [4.69, 9.17) is 10.5 Å². The molecule has 3 rings (SSSR count). The van der Waals surface area contributed by atoms with Gasteiger partial charge < -0.3 is 26.0 Å². The fraction of sp³-hybridized carbons (Fsp3) is 0.750. The van der Waals surface area contributed by atoms with Gasteiger partial charge in [-0.1, -0.05) is 26.8 Å². The summed E-state index contributed by atoms with van der Waals surface area (Å²) in [5.74, 6) is -1.27. The number of hydrogen-bond donors (Lipinski definition) is 3. The van der Waals surface area contributed by atoms with Crippen molar-refractivity contribution in [3.05, 3.63) is 12.7 Å². The van der Waals surface area contributed by atoms with E-state index in [0.29, 0.717) is 19.4 Å². The predicted octanol–water partition coefficient (Wildman–Crippen LogP) is 2.00. The van der Waals surface area contributed by atoms with Crippen LogP contribution in [0.1, 0.15) is 72.1 Å². The lowest BCUT2D eigenvalue weighted by atomic mass is 9.85. The monoisotopic (exact) mass is 462 g/mol. The quantitative estimate of drug-likeness (QED) is 0.475. The molecule has 1 heterocycles. The Balaban J connectivity index is 1.63. The van der Waals surface area contributed by atoms with Crippen LogP contribution in [-0.2, 0) is 19.1 Å². The molecule has 0 bridgehead atoms. The minimum Gasteiger partial charge on any atom is -0.446 e. The van der Waals surface area contributed by atoms with Crippen LogP contribution in [0.15, 0.2) is 12.7 Å². The van der Waals surface area contributed by atoms with Gasteiger partial charge in [-0.15, -0.1) is 6.58 Å². The highest BCUT2D eigenvalue weighted by Crippen LogP contribution is 2.44. The van der Waals surface area contributed by atoms with Crippen LogP contribution in [0.3, 0.4) is 0 Å². The van der Waals surface area contributed by atoms with Crippen molar-refractivity contribution in [3.63, 3.8) is 0 Å². The first-order chi connectivity index (χ1) is 15.5. The van der Waals surface area contributed by atoms with E-state index in [1.807, 2.05) is 20.8 Å². The van der Waals surface area contributed by atoms with Gasteiger partial charge in [-0.2, -0.15) is 0 Å². The van der Waals surface area contributed by atoms with Crippen LogP contribution in [0, 0.1) is 11.3 Å². The molecule has 4 N–H and O–H groups in total. The summed E-state index contributed by atoms with van der Waals surface area (Å²) in [5.41, 5.74) is 3.90. The number of nitrogens with zero attached hydrogens (tertiary/aromatic N) is 1. The molecule has 9 heteroatoms. The summed E-state index contributed by atoms with van der Waals surface area (Å²) < 4.78 is 5.51. The lowest BCUT2D eigenvalue weighted by Gasteiger charge is -2.35. The fourth-order valence-corrected chi connectivity index (χ4v) is 5.04. The van der Waals surface area contributed by atoms with E-state index in [1.54, 1.807) is 11.0 Å². The second-order valence-electron chi connectivity index (χ2n) is 10.7. The van der Waals surface area contributed by atoms with Crippen LogP contribution in [0.2, 0.25) is 0 Å². The molecule has 33 heavy (non-hydrogen) atoms. The second-order valence-corrected chi connectivity index (χ2v) is 10.7. The lowest BCUT2D eigenvalue weighted by molar-refractivity contribution is -0.138. The summed E-state index contributed by atoms with van der Waals surface area (Å²) in [6.45, 7) is 9.87. The Kier molecular flexibility index (Phi) is 7.39. The van der Waals surface area contributed by atoms with Gasteiger partial charge in [-0.05, 0) is 50.4 Å². The van der Waals surface area contributed by atoms with E-state index in [-0.39, 0.29) is 36.3 Å². The molecule has 0 spiro atoms. The van der Waals surface area contributed by atoms with Crippen molar-refractivity contribution in [3.8, 4) is 0 Å². The molecule has 0 aromatic carbocycles. The molecule has 0 radical (unpaired) electrons. The topological polar surface area (TPSA) is 131 Å². The molecule has 1 saturated heterocycles. The molecule has 2 aliphatic carbocycles. The number of rotatable bonds is 8. The van der Waals surface area contributed by atoms with Gasteiger partial charge in [-0.25, -0.2) is 4.79 Å². The molecule has 2 saturated carbocycles. The number of hydrogen-bond acceptors (Lipinski definition) is 5. The van der Waals surface area contributed by atoms with Crippen LogP contribution in [0.25, 0.3) is 0 Å². The first kappa shape index (κ1) is 25.1. The smallest absolute Gasteiger partial charge is 0.408 e. The van der Waals surface area contributed by atoms with E-state index in [0.717, 1.165) is 32.1 Å². The van der Waals surface area contributed by atoms with E-state index in [1.165, 1.54) is 0 Å². The summed E-state index contributed by atoms with van der Waals surface area (Å²) in [4.78, 5) is 52.3. The molecular formula is C24H38N4O5. The van der Waals surface area contributed by atoms with Crippen molar-refractivity contribution >= 4 is 23.8 Å². The molecule has 1 unspecified atom stereocenters. The molecule has 9 nitrogen and oxygen atoms in total. The lowest BCUT2D eigenvalue weighted by Crippen LogP contribution is -2.56. The van der Waals surface area contributed by atoms with Crippen LogP contribution < -0.4 is 16.4 Å². The van der Waals surface area contributed by atoms with Crippen molar-refractivity contribution in [2.75, 3.05) is 6.54 Å². The number of alkyl carbamates (subject to hydrolysis) is 1. The third-order valence-corrected chi connectivity index (χ3v) is 7.13. The highest BCUT2D eigenvalue weighted by Gasteiger charge is 2.58. The fourth-order valence-electron chi connectivity index (χ4n) is 5.04. The molecule has 4 atom stereocenters. The third-order valence-electron chi connectivity index (χ3n) is 7.13. The first-order valence-corrected chi connectivity index (χ1v) is 12.0. The van der Waals surface area contributed by atoms with Crippen LogP contribution >= 0.6 is 0 Å². The Morgan fingerprint density at radius 3 is 2.39 bits per heavy atom. The maximum absolute atomic E-state index is 13.5. The minimum absolute atomic E-state index is 0.0774. The number of carbonyl (C=O) groups is 4. The zero-order valence-corrected chi connectivity index (χ0v) is 20.0. The van der Waals surface area contributed by atoms with E-state index in [9.17, 15) is 19.2 Å². The van der Waals surface area contributed by atoms with Crippen LogP contribution in [0.5, 0.6) is 0 Å². The maximum Gasteiger partial charge on any atom is 0.408 e. The Hall–Kier alpha value is -2.58. The van der Waals surface area contributed by atoms with Crippen molar-refractivity contribution in [2.45, 2.75) is 95.9 Å². The van der Waals surface area contributed by atoms with Gasteiger partial charge in [-0.3, -0.25) is 14.4 Å². The zero-order chi connectivity index (χ0) is 24.4. The molecule has 184 valence electrons. The second kappa shape index (κ2) is 9.73. The first-order valence-electron chi connectivity index (χ1n) is 12.0. The summed E-state index contributed by atoms with van der Waals surface area (Å²) >= 11 is 0. The summed E-state index contributed by atoms with van der Waals surface area (Å²) in [7, 11) is 0. The Labute approximate surface area is 195 Å². The van der Waals surface area contributed by atoms with Gasteiger partial charge in [0.1, 0.15) is 17.7 Å². The van der Waals surface area contributed by atoms with E-state index >= 15 is 0 Å². The van der Waals surface area contributed by atoms with Crippen LogP contribution in [-0.4, -0.2) is 59.0 Å². The average molecular weight is 463 g/mol. The van der Waals surface area contributed by atoms with E-state index in [2.05, 4.69) is 17.2 Å². The van der Waals surface area contributed by atoms with Gasteiger partial charge in [0.05, 0.1) is 0 Å². The molecule has 1 aliphatic heterocycles. The zero-order valence-electron chi connectivity index (χ0n) is 20.0. The Bertz CT molecular complexity index is 801. The Morgan fingerprint density at radius 2 is 1.85 bits per heavy atom. The van der Waals surface area contributed by atoms with E-state index < -0.39 is 29.0 Å². The number of nitrogens with one attached hydrogen (secondary N) is 2.